The first-order chi connectivity index (χ1) is 11.3. The molecular formula is C18H19F3N2O. The molecule has 2 rings (SSSR count). The maximum Gasteiger partial charge on any atom is 0.416 e. The van der Waals surface area contributed by atoms with E-state index in [2.05, 4.69) is 5.32 Å². The number of hydrogen-bond donors (Lipinski definition) is 1. The molecule has 0 saturated heterocycles. The molecule has 0 bridgehead atoms. The third-order valence-corrected chi connectivity index (χ3v) is 3.66. The predicted octanol–water partition coefficient (Wildman–Crippen LogP) is 4.61. The van der Waals surface area contributed by atoms with Crippen LogP contribution in [0.4, 0.5) is 18.0 Å². The van der Waals surface area contributed by atoms with Crippen LogP contribution in [-0.2, 0) is 12.7 Å². The van der Waals surface area contributed by atoms with E-state index < -0.39 is 17.8 Å². The molecule has 0 spiro atoms. The number of urea groups is 1. The van der Waals surface area contributed by atoms with Crippen LogP contribution in [0.2, 0.25) is 0 Å². The molecule has 2 aromatic carbocycles. The average molecular weight is 336 g/mol. The molecule has 2 aromatic rings. The van der Waals surface area contributed by atoms with Gasteiger partial charge in [0.15, 0.2) is 0 Å². The molecular weight excluding hydrogens is 317 g/mol. The Labute approximate surface area is 139 Å². The molecule has 0 saturated carbocycles. The molecule has 1 N–H and O–H groups in total. The van der Waals surface area contributed by atoms with Crippen LogP contribution in [0, 0.1) is 0 Å². The number of nitrogens with zero attached hydrogens (tertiary/aromatic N) is 1. The number of amides is 2. The summed E-state index contributed by atoms with van der Waals surface area (Å²) in [7, 11) is 1.64. The van der Waals surface area contributed by atoms with Crippen LogP contribution in [0.5, 0.6) is 0 Å². The first kappa shape index (κ1) is 17.8. The third kappa shape index (κ3) is 4.75. The monoisotopic (exact) mass is 336 g/mol. The summed E-state index contributed by atoms with van der Waals surface area (Å²) in [6.45, 7) is 2.08. The molecule has 6 heteroatoms. The van der Waals surface area contributed by atoms with E-state index in [1.165, 1.54) is 11.0 Å². The Kier molecular flexibility index (Phi) is 5.49. The van der Waals surface area contributed by atoms with Gasteiger partial charge >= 0.3 is 12.2 Å². The molecule has 1 unspecified atom stereocenters. The number of halogens is 3. The molecule has 128 valence electrons. The molecule has 0 heterocycles. The lowest BCUT2D eigenvalue weighted by atomic mass is 10.1. The first-order valence-electron chi connectivity index (χ1n) is 7.50. The van der Waals surface area contributed by atoms with Gasteiger partial charge < -0.3 is 10.2 Å². The van der Waals surface area contributed by atoms with Gasteiger partial charge in [-0.3, -0.25) is 0 Å². The Morgan fingerprint density at radius 3 is 2.42 bits per heavy atom. The van der Waals surface area contributed by atoms with Gasteiger partial charge in [-0.25, -0.2) is 4.79 Å². The second-order valence-corrected chi connectivity index (χ2v) is 5.64. The van der Waals surface area contributed by atoms with E-state index in [1.807, 2.05) is 30.3 Å². The summed E-state index contributed by atoms with van der Waals surface area (Å²) in [6.07, 6.45) is -4.40. The van der Waals surface area contributed by atoms with E-state index in [1.54, 1.807) is 20.0 Å². The summed E-state index contributed by atoms with van der Waals surface area (Å²) >= 11 is 0. The number of carbonyl (C=O) groups is 1. The highest BCUT2D eigenvalue weighted by Gasteiger charge is 2.30. The van der Waals surface area contributed by atoms with Gasteiger partial charge in [0.2, 0.25) is 0 Å². The van der Waals surface area contributed by atoms with E-state index in [0.29, 0.717) is 12.1 Å². The SMILES string of the molecule is CC(NC(=O)N(C)Cc1ccccc1)c1cccc(C(F)(F)F)c1. The van der Waals surface area contributed by atoms with Crippen molar-refractivity contribution in [3.8, 4) is 0 Å². The molecule has 24 heavy (non-hydrogen) atoms. The highest BCUT2D eigenvalue weighted by atomic mass is 19.4. The largest absolute Gasteiger partial charge is 0.416 e. The van der Waals surface area contributed by atoms with Gasteiger partial charge in [0.1, 0.15) is 0 Å². The van der Waals surface area contributed by atoms with Gasteiger partial charge in [0.25, 0.3) is 0 Å². The highest BCUT2D eigenvalue weighted by molar-refractivity contribution is 5.74. The van der Waals surface area contributed by atoms with Crippen molar-refractivity contribution in [1.82, 2.24) is 10.2 Å². The van der Waals surface area contributed by atoms with E-state index in [0.717, 1.165) is 17.7 Å². The van der Waals surface area contributed by atoms with Crippen molar-refractivity contribution >= 4 is 6.03 Å². The molecule has 0 aromatic heterocycles. The predicted molar refractivity (Wildman–Crippen MR) is 86.3 cm³/mol. The molecule has 2 amide bonds. The Bertz CT molecular complexity index is 686. The van der Waals surface area contributed by atoms with Crippen LogP contribution in [0.1, 0.15) is 29.7 Å². The molecule has 0 aliphatic heterocycles. The standard InChI is InChI=1S/C18H19F3N2O/c1-13(15-9-6-10-16(11-15)18(19,20)21)22-17(24)23(2)12-14-7-4-3-5-8-14/h3-11,13H,12H2,1-2H3,(H,22,24). The normalized spacial score (nSPS) is 12.5. The summed E-state index contributed by atoms with van der Waals surface area (Å²) in [5.41, 5.74) is 0.659. The molecule has 0 aliphatic rings. The van der Waals surface area contributed by atoms with E-state index in [-0.39, 0.29) is 6.03 Å². The quantitative estimate of drug-likeness (QED) is 0.869. The maximum absolute atomic E-state index is 12.8. The number of alkyl halides is 3. The lowest BCUT2D eigenvalue weighted by molar-refractivity contribution is -0.137. The Morgan fingerprint density at radius 1 is 1.12 bits per heavy atom. The summed E-state index contributed by atoms with van der Waals surface area (Å²) < 4.78 is 38.3. The number of hydrogen-bond acceptors (Lipinski definition) is 1. The molecule has 1 atom stereocenters. The summed E-state index contributed by atoms with van der Waals surface area (Å²) in [4.78, 5) is 13.7. The van der Waals surface area contributed by atoms with Crippen LogP contribution < -0.4 is 5.32 Å². The zero-order valence-corrected chi connectivity index (χ0v) is 13.5. The van der Waals surface area contributed by atoms with Crippen molar-refractivity contribution in [2.75, 3.05) is 7.05 Å². The topological polar surface area (TPSA) is 32.3 Å². The fourth-order valence-corrected chi connectivity index (χ4v) is 2.29. The van der Waals surface area contributed by atoms with Gasteiger partial charge in [-0.2, -0.15) is 13.2 Å². The van der Waals surface area contributed by atoms with E-state index in [4.69, 9.17) is 0 Å². The van der Waals surface area contributed by atoms with E-state index in [9.17, 15) is 18.0 Å². The van der Waals surface area contributed by atoms with Gasteiger partial charge in [0, 0.05) is 13.6 Å². The highest BCUT2D eigenvalue weighted by Crippen LogP contribution is 2.30. The smallest absolute Gasteiger partial charge is 0.331 e. The van der Waals surface area contributed by atoms with Gasteiger partial charge in [-0.05, 0) is 30.2 Å². The minimum absolute atomic E-state index is 0.344. The van der Waals surface area contributed by atoms with Crippen LogP contribution in [0.25, 0.3) is 0 Å². The Hall–Kier alpha value is -2.50. The van der Waals surface area contributed by atoms with E-state index >= 15 is 0 Å². The van der Waals surface area contributed by atoms with Crippen LogP contribution in [-0.4, -0.2) is 18.0 Å². The van der Waals surface area contributed by atoms with Crippen LogP contribution in [0.3, 0.4) is 0 Å². The maximum atomic E-state index is 12.8. The second-order valence-electron chi connectivity index (χ2n) is 5.64. The van der Waals surface area contributed by atoms with Crippen molar-refractivity contribution in [3.05, 3.63) is 71.3 Å². The second kappa shape index (κ2) is 7.38. The molecule has 0 fully saturated rings. The Balaban J connectivity index is 2.01. The molecule has 0 radical (unpaired) electrons. The first-order valence-corrected chi connectivity index (χ1v) is 7.50. The molecule has 3 nitrogen and oxygen atoms in total. The van der Waals surface area contributed by atoms with Crippen LogP contribution in [0.15, 0.2) is 54.6 Å². The van der Waals surface area contributed by atoms with Gasteiger partial charge in [-0.15, -0.1) is 0 Å². The number of nitrogens with one attached hydrogen (secondary N) is 1. The lowest BCUT2D eigenvalue weighted by Gasteiger charge is -2.22. The van der Waals surface area contributed by atoms with Crippen molar-refractivity contribution in [1.29, 1.82) is 0 Å². The summed E-state index contributed by atoms with van der Waals surface area (Å²) in [6, 6.07) is 13.6. The zero-order chi connectivity index (χ0) is 17.7. The van der Waals surface area contributed by atoms with Crippen molar-refractivity contribution in [2.24, 2.45) is 0 Å². The summed E-state index contributed by atoms with van der Waals surface area (Å²) in [5, 5.41) is 2.71. The van der Waals surface area contributed by atoms with Gasteiger partial charge in [0.05, 0.1) is 11.6 Å². The van der Waals surface area contributed by atoms with Crippen molar-refractivity contribution in [2.45, 2.75) is 25.7 Å². The third-order valence-electron chi connectivity index (χ3n) is 3.66. The minimum atomic E-state index is -4.40. The summed E-state index contributed by atoms with van der Waals surface area (Å²) in [5.74, 6) is 0. The number of rotatable bonds is 4. The fourth-order valence-electron chi connectivity index (χ4n) is 2.29. The zero-order valence-electron chi connectivity index (χ0n) is 13.5. The fraction of sp³-hybridized carbons (Fsp3) is 0.278. The minimum Gasteiger partial charge on any atom is -0.331 e. The average Bonchev–Trinajstić information content (AvgIpc) is 2.55. The lowest BCUT2D eigenvalue weighted by Crippen LogP contribution is -2.38. The Morgan fingerprint density at radius 2 is 1.79 bits per heavy atom. The molecule has 0 aliphatic carbocycles. The van der Waals surface area contributed by atoms with Crippen molar-refractivity contribution < 1.29 is 18.0 Å². The van der Waals surface area contributed by atoms with Gasteiger partial charge in [-0.1, -0.05) is 42.5 Å². The van der Waals surface area contributed by atoms with Crippen LogP contribution >= 0.6 is 0 Å². The van der Waals surface area contributed by atoms with Crippen molar-refractivity contribution in [3.63, 3.8) is 0 Å². The number of benzene rings is 2. The number of carbonyl (C=O) groups excluding carboxylic acids is 1.